The SMILES string of the molecule is COc1ccc([C@H]2N(C(C)=O)c3ccccc3[C@H]3C(=O)NC(SC)=NN32)cc1Br. The van der Waals surface area contributed by atoms with E-state index in [1.54, 1.807) is 17.0 Å². The molecule has 150 valence electrons. The normalized spacial score (nSPS) is 20.4. The van der Waals surface area contributed by atoms with E-state index < -0.39 is 12.2 Å². The van der Waals surface area contributed by atoms with Crippen LogP contribution in [0.5, 0.6) is 5.75 Å². The maximum Gasteiger partial charge on any atom is 0.255 e. The Balaban J connectivity index is 1.96. The lowest BCUT2D eigenvalue weighted by atomic mass is 9.95. The number of hydrogen-bond acceptors (Lipinski definition) is 6. The number of amides is 2. The summed E-state index contributed by atoms with van der Waals surface area (Å²) in [5.74, 6) is 0.373. The molecule has 0 unspecified atom stereocenters. The zero-order chi connectivity index (χ0) is 20.7. The van der Waals surface area contributed by atoms with Crippen LogP contribution in [-0.2, 0) is 9.59 Å². The van der Waals surface area contributed by atoms with Crippen molar-refractivity contribution in [1.82, 2.24) is 10.3 Å². The molecule has 0 saturated carbocycles. The monoisotopic (exact) mass is 474 g/mol. The minimum atomic E-state index is -0.636. The van der Waals surface area contributed by atoms with Crippen LogP contribution in [0.3, 0.4) is 0 Å². The van der Waals surface area contributed by atoms with Crippen molar-refractivity contribution in [3.63, 3.8) is 0 Å². The lowest BCUT2D eigenvalue weighted by molar-refractivity contribution is -0.129. The molecule has 4 rings (SSSR count). The fourth-order valence-corrected chi connectivity index (χ4v) is 4.66. The molecule has 2 atom stereocenters. The molecule has 0 aliphatic carbocycles. The summed E-state index contributed by atoms with van der Waals surface area (Å²) in [7, 11) is 1.60. The highest BCUT2D eigenvalue weighted by Crippen LogP contribution is 2.47. The number of hydrazone groups is 1. The number of carbonyl (C=O) groups is 2. The zero-order valence-corrected chi connectivity index (χ0v) is 18.5. The van der Waals surface area contributed by atoms with Gasteiger partial charge in [0, 0.05) is 12.5 Å². The first-order chi connectivity index (χ1) is 14.0. The van der Waals surface area contributed by atoms with Crippen LogP contribution in [0.2, 0.25) is 0 Å². The second-order valence-corrected chi connectivity index (χ2v) is 8.25. The van der Waals surface area contributed by atoms with E-state index in [-0.39, 0.29) is 11.8 Å². The van der Waals surface area contributed by atoms with Gasteiger partial charge in [-0.1, -0.05) is 36.0 Å². The van der Waals surface area contributed by atoms with Crippen molar-refractivity contribution in [2.45, 2.75) is 19.1 Å². The van der Waals surface area contributed by atoms with E-state index in [9.17, 15) is 9.59 Å². The average Bonchev–Trinajstić information content (AvgIpc) is 2.71. The van der Waals surface area contributed by atoms with Gasteiger partial charge in [-0.25, -0.2) is 0 Å². The Labute approximate surface area is 181 Å². The van der Waals surface area contributed by atoms with Crippen LogP contribution in [0.15, 0.2) is 52.0 Å². The first-order valence-electron chi connectivity index (χ1n) is 8.90. The van der Waals surface area contributed by atoms with E-state index in [2.05, 4.69) is 26.3 Å². The molecule has 0 aromatic heterocycles. The number of benzene rings is 2. The molecule has 2 aromatic rings. The summed E-state index contributed by atoms with van der Waals surface area (Å²) in [6, 6.07) is 12.4. The smallest absolute Gasteiger partial charge is 0.255 e. The van der Waals surface area contributed by atoms with Crippen molar-refractivity contribution in [3.05, 3.63) is 58.1 Å². The summed E-state index contributed by atoms with van der Waals surface area (Å²) in [5, 5.41) is 9.73. The van der Waals surface area contributed by atoms with Gasteiger partial charge in [0.1, 0.15) is 5.75 Å². The first-order valence-corrected chi connectivity index (χ1v) is 10.9. The Morgan fingerprint density at radius 3 is 2.69 bits per heavy atom. The molecule has 2 amide bonds. The van der Waals surface area contributed by atoms with Gasteiger partial charge in [0.05, 0.1) is 17.3 Å². The molecule has 2 heterocycles. The molecule has 0 spiro atoms. The molecule has 0 bridgehead atoms. The van der Waals surface area contributed by atoms with E-state index in [1.165, 1.54) is 18.7 Å². The fraction of sp³-hybridized carbons (Fsp3) is 0.250. The summed E-state index contributed by atoms with van der Waals surface area (Å²) in [6.07, 6.45) is 1.27. The molecule has 2 aromatic carbocycles. The second-order valence-electron chi connectivity index (χ2n) is 6.60. The lowest BCUT2D eigenvalue weighted by Gasteiger charge is -2.48. The van der Waals surface area contributed by atoms with E-state index in [1.807, 2.05) is 48.7 Å². The molecule has 29 heavy (non-hydrogen) atoms. The molecule has 0 radical (unpaired) electrons. The number of nitrogens with one attached hydrogen (secondary N) is 1. The molecule has 2 aliphatic heterocycles. The Bertz CT molecular complexity index is 1030. The lowest BCUT2D eigenvalue weighted by Crippen LogP contribution is -2.55. The van der Waals surface area contributed by atoms with Gasteiger partial charge < -0.3 is 10.1 Å². The van der Waals surface area contributed by atoms with Gasteiger partial charge in [0.2, 0.25) is 5.91 Å². The summed E-state index contributed by atoms with van der Waals surface area (Å²) in [4.78, 5) is 27.5. The summed E-state index contributed by atoms with van der Waals surface area (Å²) in [5.41, 5.74) is 2.26. The number of ether oxygens (including phenoxy) is 1. The zero-order valence-electron chi connectivity index (χ0n) is 16.0. The quantitative estimate of drug-likeness (QED) is 0.718. The van der Waals surface area contributed by atoms with Crippen molar-refractivity contribution in [2.75, 3.05) is 18.3 Å². The van der Waals surface area contributed by atoms with Crippen LogP contribution in [-0.4, -0.2) is 35.4 Å². The van der Waals surface area contributed by atoms with Gasteiger partial charge in [0.25, 0.3) is 5.91 Å². The van der Waals surface area contributed by atoms with Crippen LogP contribution in [0.4, 0.5) is 5.69 Å². The third kappa shape index (κ3) is 3.28. The molecule has 0 fully saturated rings. The number of thioether (sulfide) groups is 1. The average molecular weight is 475 g/mol. The van der Waals surface area contributed by atoms with E-state index in [0.29, 0.717) is 16.6 Å². The standard InChI is InChI=1S/C20H19BrN4O3S/c1-11(26)24-15-7-5-4-6-13(15)17-18(27)22-20(29-3)23-25(17)19(24)12-8-9-16(28-2)14(21)10-12/h4-10,17,19H,1-3H3,(H,22,23,27)/t17-,19-/m0/s1. The van der Waals surface area contributed by atoms with Crippen LogP contribution in [0.25, 0.3) is 0 Å². The topological polar surface area (TPSA) is 74.2 Å². The predicted molar refractivity (Wildman–Crippen MR) is 117 cm³/mol. The molecule has 1 N–H and O–H groups in total. The summed E-state index contributed by atoms with van der Waals surface area (Å²) >= 11 is 4.87. The number of carbonyl (C=O) groups excluding carboxylic acids is 2. The maximum absolute atomic E-state index is 13.0. The number of rotatable bonds is 2. The second kappa shape index (κ2) is 7.72. The molecule has 0 saturated heterocycles. The van der Waals surface area contributed by atoms with Crippen LogP contribution in [0, 0.1) is 0 Å². The van der Waals surface area contributed by atoms with Gasteiger partial charge in [-0.3, -0.25) is 19.5 Å². The number of methoxy groups -OCH3 is 1. The van der Waals surface area contributed by atoms with E-state index >= 15 is 0 Å². The molecule has 9 heteroatoms. The number of fused-ring (bicyclic) bond motifs is 3. The fourth-order valence-electron chi connectivity index (χ4n) is 3.73. The number of hydrogen-bond donors (Lipinski definition) is 1. The summed E-state index contributed by atoms with van der Waals surface area (Å²) in [6.45, 7) is 1.52. The summed E-state index contributed by atoms with van der Waals surface area (Å²) < 4.78 is 6.10. The van der Waals surface area contributed by atoms with Crippen LogP contribution in [0.1, 0.15) is 30.3 Å². The highest BCUT2D eigenvalue weighted by atomic mass is 79.9. The number of amidine groups is 1. The minimum absolute atomic E-state index is 0.139. The van der Waals surface area contributed by atoms with Crippen molar-refractivity contribution in [3.8, 4) is 5.75 Å². The Kier molecular flexibility index (Phi) is 5.26. The number of halogens is 1. The van der Waals surface area contributed by atoms with Gasteiger partial charge in [-0.2, -0.15) is 0 Å². The molecular weight excluding hydrogens is 456 g/mol. The van der Waals surface area contributed by atoms with Crippen LogP contribution >= 0.6 is 27.7 Å². The van der Waals surface area contributed by atoms with Crippen molar-refractivity contribution >= 4 is 50.4 Å². The Hall–Kier alpha value is -2.52. The van der Waals surface area contributed by atoms with E-state index in [0.717, 1.165) is 15.6 Å². The van der Waals surface area contributed by atoms with Gasteiger partial charge in [-0.05, 0) is 45.9 Å². The van der Waals surface area contributed by atoms with Gasteiger partial charge >= 0.3 is 0 Å². The number of para-hydroxylation sites is 1. The van der Waals surface area contributed by atoms with Gasteiger partial charge in [0.15, 0.2) is 17.4 Å². The highest BCUT2D eigenvalue weighted by Gasteiger charge is 2.46. The Morgan fingerprint density at radius 1 is 1.28 bits per heavy atom. The minimum Gasteiger partial charge on any atom is -0.496 e. The first kappa shape index (κ1) is 19.8. The predicted octanol–water partition coefficient (Wildman–Crippen LogP) is 3.63. The van der Waals surface area contributed by atoms with Crippen molar-refractivity contribution < 1.29 is 14.3 Å². The van der Waals surface area contributed by atoms with E-state index in [4.69, 9.17) is 4.74 Å². The maximum atomic E-state index is 13.0. The van der Waals surface area contributed by atoms with Crippen LogP contribution < -0.4 is 15.0 Å². The third-order valence-electron chi connectivity index (χ3n) is 4.94. The van der Waals surface area contributed by atoms with Gasteiger partial charge in [-0.15, -0.1) is 5.10 Å². The van der Waals surface area contributed by atoms with Crippen molar-refractivity contribution in [2.24, 2.45) is 5.10 Å². The molecule has 2 aliphatic rings. The third-order valence-corrected chi connectivity index (χ3v) is 6.13. The molecular formula is C20H19BrN4O3S. The Morgan fingerprint density at radius 2 is 2.03 bits per heavy atom. The number of nitrogens with zero attached hydrogens (tertiary/aromatic N) is 3. The highest BCUT2D eigenvalue weighted by molar-refractivity contribution is 9.10. The number of anilines is 1. The van der Waals surface area contributed by atoms with Crippen molar-refractivity contribution in [1.29, 1.82) is 0 Å². The largest absolute Gasteiger partial charge is 0.496 e. The molecule has 7 nitrogen and oxygen atoms in total.